The van der Waals surface area contributed by atoms with Crippen molar-refractivity contribution >= 4 is 0 Å². The van der Waals surface area contributed by atoms with Crippen LogP contribution in [0.5, 0.6) is 0 Å². The van der Waals surface area contributed by atoms with E-state index in [2.05, 4.69) is 58.7 Å². The van der Waals surface area contributed by atoms with Crippen LogP contribution in [-0.4, -0.2) is 44.2 Å². The Morgan fingerprint density at radius 1 is 1.11 bits per heavy atom. The van der Waals surface area contributed by atoms with E-state index in [1.54, 1.807) is 0 Å². The molecule has 5 heteroatoms. The molecule has 5 nitrogen and oxygen atoms in total. The molecule has 2 heterocycles. The molecule has 0 bridgehead atoms. The summed E-state index contributed by atoms with van der Waals surface area (Å²) in [5.41, 5.74) is 2.44. The zero-order chi connectivity index (χ0) is 18.6. The third-order valence-corrected chi connectivity index (χ3v) is 6.12. The molecule has 2 aromatic rings. The lowest BCUT2D eigenvalue weighted by Crippen LogP contribution is -2.46. The Morgan fingerprint density at radius 3 is 2.67 bits per heavy atom. The van der Waals surface area contributed by atoms with Crippen molar-refractivity contribution in [2.75, 3.05) is 13.1 Å². The summed E-state index contributed by atoms with van der Waals surface area (Å²) in [6.45, 7) is 4.00. The highest BCUT2D eigenvalue weighted by atomic mass is 16.3. The largest absolute Gasteiger partial charge is 0.390 e. The van der Waals surface area contributed by atoms with Crippen molar-refractivity contribution in [3.05, 3.63) is 47.8 Å². The SMILES string of the molecule is CCCCCCN1C[C@H](O)[C@@H](n2cc(C3CC3)nn2)C[C@H]1c1ccccc1. The molecule has 1 saturated heterocycles. The van der Waals surface area contributed by atoms with Crippen LogP contribution in [0.4, 0.5) is 0 Å². The van der Waals surface area contributed by atoms with Crippen molar-refractivity contribution in [2.45, 2.75) is 76.0 Å². The molecule has 0 unspecified atom stereocenters. The number of hydrogen-bond acceptors (Lipinski definition) is 4. The van der Waals surface area contributed by atoms with Crippen LogP contribution in [0.2, 0.25) is 0 Å². The van der Waals surface area contributed by atoms with Crippen LogP contribution in [0.3, 0.4) is 0 Å². The van der Waals surface area contributed by atoms with E-state index < -0.39 is 6.10 Å². The Labute approximate surface area is 162 Å². The van der Waals surface area contributed by atoms with E-state index in [1.807, 2.05) is 4.68 Å². The first-order valence-corrected chi connectivity index (χ1v) is 10.6. The molecule has 146 valence electrons. The van der Waals surface area contributed by atoms with Crippen LogP contribution < -0.4 is 0 Å². The number of piperidine rings is 1. The zero-order valence-electron chi connectivity index (χ0n) is 16.4. The molecule has 0 radical (unpaired) electrons. The minimum atomic E-state index is -0.398. The van der Waals surface area contributed by atoms with Crippen molar-refractivity contribution in [2.24, 2.45) is 0 Å². The number of aromatic nitrogens is 3. The molecule has 1 N–H and O–H groups in total. The molecular formula is C22H32N4O. The van der Waals surface area contributed by atoms with Gasteiger partial charge in [-0.1, -0.05) is 61.7 Å². The van der Waals surface area contributed by atoms with Crippen LogP contribution in [0, 0.1) is 0 Å². The van der Waals surface area contributed by atoms with Gasteiger partial charge in [0.05, 0.1) is 17.8 Å². The lowest BCUT2D eigenvalue weighted by molar-refractivity contribution is -0.0102. The molecule has 1 aliphatic heterocycles. The summed E-state index contributed by atoms with van der Waals surface area (Å²) >= 11 is 0. The summed E-state index contributed by atoms with van der Waals surface area (Å²) in [7, 11) is 0. The van der Waals surface area contributed by atoms with E-state index in [1.165, 1.54) is 44.1 Å². The Kier molecular flexibility index (Phi) is 5.89. The molecule has 3 atom stereocenters. The first kappa shape index (κ1) is 18.6. The quantitative estimate of drug-likeness (QED) is 0.713. The van der Waals surface area contributed by atoms with Gasteiger partial charge < -0.3 is 5.11 Å². The second-order valence-corrected chi connectivity index (χ2v) is 8.25. The third-order valence-electron chi connectivity index (χ3n) is 6.12. The zero-order valence-corrected chi connectivity index (χ0v) is 16.4. The van der Waals surface area contributed by atoms with Gasteiger partial charge in [0.1, 0.15) is 0 Å². The van der Waals surface area contributed by atoms with Crippen molar-refractivity contribution < 1.29 is 5.11 Å². The van der Waals surface area contributed by atoms with Gasteiger partial charge in [-0.3, -0.25) is 4.90 Å². The van der Waals surface area contributed by atoms with Crippen molar-refractivity contribution in [3.8, 4) is 0 Å². The molecule has 1 aromatic heterocycles. The summed E-state index contributed by atoms with van der Waals surface area (Å²) < 4.78 is 1.93. The summed E-state index contributed by atoms with van der Waals surface area (Å²) in [6, 6.07) is 11.1. The third kappa shape index (κ3) is 4.41. The maximum Gasteiger partial charge on any atom is 0.0892 e. The van der Waals surface area contributed by atoms with Gasteiger partial charge in [0.25, 0.3) is 0 Å². The average molecular weight is 369 g/mol. The number of hydrogen-bond donors (Lipinski definition) is 1. The minimum absolute atomic E-state index is 0.00194. The highest BCUT2D eigenvalue weighted by molar-refractivity contribution is 5.20. The molecule has 4 rings (SSSR count). The number of benzene rings is 1. The number of aliphatic hydroxyl groups is 1. The first-order valence-electron chi connectivity index (χ1n) is 10.6. The van der Waals surface area contributed by atoms with E-state index in [9.17, 15) is 5.11 Å². The fourth-order valence-electron chi connectivity index (χ4n) is 4.34. The predicted molar refractivity (Wildman–Crippen MR) is 107 cm³/mol. The smallest absolute Gasteiger partial charge is 0.0892 e. The highest BCUT2D eigenvalue weighted by Crippen LogP contribution is 2.40. The number of aliphatic hydroxyl groups excluding tert-OH is 1. The van der Waals surface area contributed by atoms with Crippen molar-refractivity contribution in [1.29, 1.82) is 0 Å². The summed E-state index contributed by atoms with van der Waals surface area (Å²) in [4.78, 5) is 2.48. The van der Waals surface area contributed by atoms with Crippen LogP contribution >= 0.6 is 0 Å². The van der Waals surface area contributed by atoms with Gasteiger partial charge in [-0.2, -0.15) is 0 Å². The van der Waals surface area contributed by atoms with Crippen molar-refractivity contribution in [3.63, 3.8) is 0 Å². The van der Waals surface area contributed by atoms with Crippen LogP contribution in [0.25, 0.3) is 0 Å². The van der Waals surface area contributed by atoms with Gasteiger partial charge in [0, 0.05) is 24.7 Å². The minimum Gasteiger partial charge on any atom is -0.390 e. The van der Waals surface area contributed by atoms with E-state index in [0.717, 1.165) is 18.7 Å². The Balaban J connectivity index is 1.50. The van der Waals surface area contributed by atoms with E-state index in [4.69, 9.17) is 0 Å². The normalized spacial score (nSPS) is 26.4. The molecule has 2 aliphatic rings. The molecule has 1 aliphatic carbocycles. The molecule has 1 saturated carbocycles. The van der Waals surface area contributed by atoms with Crippen molar-refractivity contribution in [1.82, 2.24) is 19.9 Å². The van der Waals surface area contributed by atoms with Gasteiger partial charge in [-0.25, -0.2) is 4.68 Å². The lowest BCUT2D eigenvalue weighted by Gasteiger charge is -2.42. The second kappa shape index (κ2) is 8.53. The number of rotatable bonds is 8. The predicted octanol–water partition coefficient (Wildman–Crippen LogP) is 4.08. The van der Waals surface area contributed by atoms with Gasteiger partial charge in [0.2, 0.25) is 0 Å². The highest BCUT2D eigenvalue weighted by Gasteiger charge is 2.37. The standard InChI is InChI=1S/C22H32N4O/c1-2-3-4-8-13-25-16-22(27)21(14-20(25)18-9-6-5-7-10-18)26-15-19(23-24-26)17-11-12-17/h5-7,9-10,15,17,20-22,27H,2-4,8,11-14,16H2,1H3/t20-,21-,22-/m0/s1. The molecule has 0 spiro atoms. The number of nitrogens with zero attached hydrogens (tertiary/aromatic N) is 4. The Morgan fingerprint density at radius 2 is 1.93 bits per heavy atom. The van der Waals surface area contributed by atoms with E-state index in [-0.39, 0.29) is 6.04 Å². The Bertz CT molecular complexity index is 712. The summed E-state index contributed by atoms with van der Waals surface area (Å²) in [5.74, 6) is 0.597. The topological polar surface area (TPSA) is 54.2 Å². The number of β-amino-alcohol motifs (C(OH)–C–C–N with tert-alkyl or cyclic N) is 1. The van der Waals surface area contributed by atoms with E-state index in [0.29, 0.717) is 18.5 Å². The molecule has 27 heavy (non-hydrogen) atoms. The van der Waals surface area contributed by atoms with Crippen LogP contribution in [0.1, 0.15) is 81.1 Å². The fraction of sp³-hybridized carbons (Fsp3) is 0.636. The van der Waals surface area contributed by atoms with Gasteiger partial charge in [-0.05, 0) is 37.8 Å². The first-order chi connectivity index (χ1) is 13.3. The van der Waals surface area contributed by atoms with Crippen LogP contribution in [0.15, 0.2) is 36.5 Å². The maximum atomic E-state index is 10.9. The summed E-state index contributed by atoms with van der Waals surface area (Å²) in [5, 5.41) is 19.6. The number of unbranched alkanes of at least 4 members (excludes halogenated alkanes) is 3. The van der Waals surface area contributed by atoms with Crippen LogP contribution in [-0.2, 0) is 0 Å². The fourth-order valence-corrected chi connectivity index (χ4v) is 4.34. The molecule has 1 aromatic carbocycles. The number of likely N-dealkylation sites (tertiary alicyclic amines) is 1. The average Bonchev–Trinajstić information content (AvgIpc) is 3.43. The van der Waals surface area contributed by atoms with Gasteiger partial charge >= 0.3 is 0 Å². The van der Waals surface area contributed by atoms with Gasteiger partial charge in [0.15, 0.2) is 0 Å². The lowest BCUT2D eigenvalue weighted by atomic mass is 9.89. The Hall–Kier alpha value is -1.72. The van der Waals surface area contributed by atoms with Gasteiger partial charge in [-0.15, -0.1) is 5.10 Å². The maximum absolute atomic E-state index is 10.9. The summed E-state index contributed by atoms with van der Waals surface area (Å²) in [6.07, 6.45) is 10.0. The second-order valence-electron chi connectivity index (χ2n) is 8.25. The molecule has 2 fully saturated rings. The van der Waals surface area contributed by atoms with E-state index >= 15 is 0 Å². The molecule has 0 amide bonds. The monoisotopic (exact) mass is 368 g/mol. The molecular weight excluding hydrogens is 336 g/mol.